The molecule has 12 nitrogen and oxygen atoms in total. The number of hydrogen-bond donors (Lipinski definition) is 2. The van der Waals surface area contributed by atoms with Gasteiger partial charge in [0.15, 0.2) is 12.5 Å². The summed E-state index contributed by atoms with van der Waals surface area (Å²) in [5.74, 6) is 0.123. The van der Waals surface area contributed by atoms with Crippen molar-refractivity contribution in [2.45, 2.75) is 71.1 Å². The standard InChI is InChI=1S/C27H39N5O7/c1-27(2,3)39-26(35)31(17-20-11-7-6-8-12-20)15-10-5-4-9-14-29-25(34)37-19-23-36-18-22(38-23)32-16-13-21(28)30-24(32)33/h6-8,11-13,16,22-23H,4-5,9-10,14-15,17-19H2,1-3H3,(H,29,34)(H2,28,30,33). The molecule has 1 aliphatic heterocycles. The fourth-order valence-corrected chi connectivity index (χ4v) is 3.85. The van der Waals surface area contributed by atoms with Gasteiger partial charge in [-0.05, 0) is 45.2 Å². The number of carbonyl (C=O) groups excluding carboxylic acids is 2. The van der Waals surface area contributed by atoms with Gasteiger partial charge in [0.25, 0.3) is 0 Å². The molecule has 1 aliphatic rings. The first kappa shape index (κ1) is 29.9. The van der Waals surface area contributed by atoms with Gasteiger partial charge in [-0.1, -0.05) is 43.2 Å². The van der Waals surface area contributed by atoms with Gasteiger partial charge in [-0.25, -0.2) is 14.4 Å². The summed E-state index contributed by atoms with van der Waals surface area (Å²) in [6, 6.07) is 11.3. The Morgan fingerprint density at radius 1 is 1.15 bits per heavy atom. The number of unbranched alkanes of at least 4 members (excludes halogenated alkanes) is 3. The van der Waals surface area contributed by atoms with Crippen LogP contribution in [0.4, 0.5) is 15.4 Å². The molecule has 0 saturated carbocycles. The normalized spacial score (nSPS) is 17.0. The van der Waals surface area contributed by atoms with Crippen molar-refractivity contribution in [1.82, 2.24) is 19.8 Å². The number of nitrogens with zero attached hydrogens (tertiary/aromatic N) is 3. The van der Waals surface area contributed by atoms with E-state index in [1.54, 1.807) is 4.90 Å². The number of alkyl carbamates (subject to hydrolysis) is 1. The van der Waals surface area contributed by atoms with Crippen molar-refractivity contribution < 1.29 is 28.5 Å². The third-order valence-corrected chi connectivity index (χ3v) is 5.74. The van der Waals surface area contributed by atoms with Crippen molar-refractivity contribution in [3.8, 4) is 0 Å². The monoisotopic (exact) mass is 545 g/mol. The van der Waals surface area contributed by atoms with Gasteiger partial charge in [0.1, 0.15) is 18.0 Å². The average Bonchev–Trinajstić information content (AvgIpc) is 3.34. The Kier molecular flexibility index (Phi) is 11.1. The van der Waals surface area contributed by atoms with Crippen LogP contribution in [0.5, 0.6) is 0 Å². The van der Waals surface area contributed by atoms with Crippen molar-refractivity contribution in [3.63, 3.8) is 0 Å². The minimum atomic E-state index is -0.783. The molecule has 1 aromatic heterocycles. The van der Waals surface area contributed by atoms with E-state index in [1.165, 1.54) is 16.8 Å². The number of benzene rings is 1. The summed E-state index contributed by atoms with van der Waals surface area (Å²) < 4.78 is 23.1. The molecule has 0 aliphatic carbocycles. The first-order chi connectivity index (χ1) is 18.6. The van der Waals surface area contributed by atoms with Crippen LogP contribution < -0.4 is 16.7 Å². The van der Waals surface area contributed by atoms with Crippen molar-refractivity contribution >= 4 is 18.0 Å². The number of nitrogen functional groups attached to an aromatic ring is 1. The topological polar surface area (TPSA) is 147 Å². The van der Waals surface area contributed by atoms with E-state index in [4.69, 9.17) is 24.7 Å². The highest BCUT2D eigenvalue weighted by molar-refractivity contribution is 5.68. The molecule has 0 bridgehead atoms. The number of amides is 2. The van der Waals surface area contributed by atoms with Gasteiger partial charge in [0.05, 0.1) is 6.61 Å². The number of nitrogens with two attached hydrogens (primary N) is 1. The highest BCUT2D eigenvalue weighted by Gasteiger charge is 2.29. The second-order valence-corrected chi connectivity index (χ2v) is 10.2. The van der Waals surface area contributed by atoms with Crippen LogP contribution in [-0.2, 0) is 25.5 Å². The number of anilines is 1. The molecule has 2 amide bonds. The lowest BCUT2D eigenvalue weighted by Gasteiger charge is -2.27. The van der Waals surface area contributed by atoms with Crippen LogP contribution in [-0.4, -0.2) is 64.8 Å². The van der Waals surface area contributed by atoms with Gasteiger partial charge < -0.3 is 34.9 Å². The molecule has 3 rings (SSSR count). The van der Waals surface area contributed by atoms with E-state index in [2.05, 4.69) is 10.3 Å². The number of carbonyl (C=O) groups is 2. The largest absolute Gasteiger partial charge is 0.444 e. The minimum absolute atomic E-state index is 0.110. The predicted octanol–water partition coefficient (Wildman–Crippen LogP) is 3.42. The maximum atomic E-state index is 12.7. The maximum Gasteiger partial charge on any atom is 0.410 e. The second kappa shape index (κ2) is 14.5. The Bertz CT molecular complexity index is 1120. The van der Waals surface area contributed by atoms with E-state index in [9.17, 15) is 14.4 Å². The molecule has 12 heteroatoms. The van der Waals surface area contributed by atoms with Crippen LogP contribution in [0.1, 0.15) is 58.2 Å². The van der Waals surface area contributed by atoms with Gasteiger partial charge >= 0.3 is 17.9 Å². The summed E-state index contributed by atoms with van der Waals surface area (Å²) in [5, 5.41) is 2.71. The molecule has 0 spiro atoms. The molecule has 3 N–H and O–H groups in total. The van der Waals surface area contributed by atoms with Crippen molar-refractivity contribution in [2.24, 2.45) is 0 Å². The highest BCUT2D eigenvalue weighted by Crippen LogP contribution is 2.20. The van der Waals surface area contributed by atoms with Crippen LogP contribution in [0.3, 0.4) is 0 Å². The Labute approximate surface area is 228 Å². The van der Waals surface area contributed by atoms with Gasteiger partial charge in [0.2, 0.25) is 0 Å². The van der Waals surface area contributed by atoms with E-state index in [0.717, 1.165) is 31.2 Å². The Morgan fingerprint density at radius 3 is 2.62 bits per heavy atom. The zero-order valence-electron chi connectivity index (χ0n) is 22.8. The van der Waals surface area contributed by atoms with Gasteiger partial charge in [-0.2, -0.15) is 4.98 Å². The van der Waals surface area contributed by atoms with E-state index in [1.807, 2.05) is 51.1 Å². The fraction of sp³-hybridized carbons (Fsp3) is 0.556. The summed E-state index contributed by atoms with van der Waals surface area (Å²) in [6.07, 6.45) is 2.50. The van der Waals surface area contributed by atoms with Gasteiger partial charge in [-0.15, -0.1) is 0 Å². The molecule has 2 unspecified atom stereocenters. The summed E-state index contributed by atoms with van der Waals surface area (Å²) in [5.41, 5.74) is 5.44. The third kappa shape index (κ3) is 10.6. The summed E-state index contributed by atoms with van der Waals surface area (Å²) in [4.78, 5) is 42.0. The van der Waals surface area contributed by atoms with Crippen LogP contribution in [0.15, 0.2) is 47.4 Å². The van der Waals surface area contributed by atoms with Crippen molar-refractivity contribution in [1.29, 1.82) is 0 Å². The molecule has 1 aromatic carbocycles. The Hall–Kier alpha value is -3.64. The fourth-order valence-electron chi connectivity index (χ4n) is 3.85. The quantitative estimate of drug-likeness (QED) is 0.383. The summed E-state index contributed by atoms with van der Waals surface area (Å²) in [6.45, 7) is 7.12. The Balaban J connectivity index is 1.29. The molecular weight excluding hydrogens is 506 g/mol. The number of hydrogen-bond acceptors (Lipinski definition) is 9. The number of nitrogens with one attached hydrogen (secondary N) is 1. The average molecular weight is 546 g/mol. The highest BCUT2D eigenvalue weighted by atomic mass is 16.7. The SMILES string of the molecule is CC(C)(C)OC(=O)N(CCCCCCNC(=O)OCC1OCC(n2ccc(N)nc2=O)O1)Cc1ccccc1. The first-order valence-electron chi connectivity index (χ1n) is 13.1. The first-order valence-corrected chi connectivity index (χ1v) is 13.1. The summed E-state index contributed by atoms with van der Waals surface area (Å²) >= 11 is 0. The molecule has 2 heterocycles. The van der Waals surface area contributed by atoms with Crippen LogP contribution in [0.25, 0.3) is 0 Å². The number of ether oxygens (including phenoxy) is 4. The number of rotatable bonds is 12. The molecule has 2 atom stereocenters. The molecule has 1 fully saturated rings. The second-order valence-electron chi connectivity index (χ2n) is 10.2. The number of aromatic nitrogens is 2. The van der Waals surface area contributed by atoms with Crippen molar-refractivity contribution in [2.75, 3.05) is 32.0 Å². The van der Waals surface area contributed by atoms with Crippen LogP contribution in [0, 0.1) is 0 Å². The summed E-state index contributed by atoms with van der Waals surface area (Å²) in [7, 11) is 0. The van der Waals surface area contributed by atoms with Gasteiger partial charge in [-0.3, -0.25) is 4.57 Å². The zero-order chi connectivity index (χ0) is 28.3. The molecule has 39 heavy (non-hydrogen) atoms. The van der Waals surface area contributed by atoms with E-state index >= 15 is 0 Å². The molecule has 2 aromatic rings. The van der Waals surface area contributed by atoms with Gasteiger partial charge in [0, 0.05) is 25.8 Å². The lowest BCUT2D eigenvalue weighted by molar-refractivity contribution is -0.101. The van der Waals surface area contributed by atoms with Crippen LogP contribution in [0.2, 0.25) is 0 Å². The molecule has 214 valence electrons. The van der Waals surface area contributed by atoms with E-state index in [-0.39, 0.29) is 25.1 Å². The predicted molar refractivity (Wildman–Crippen MR) is 144 cm³/mol. The smallest absolute Gasteiger partial charge is 0.410 e. The minimum Gasteiger partial charge on any atom is -0.444 e. The maximum absolute atomic E-state index is 12.7. The molecule has 1 saturated heterocycles. The zero-order valence-corrected chi connectivity index (χ0v) is 22.8. The lowest BCUT2D eigenvalue weighted by atomic mass is 10.1. The van der Waals surface area contributed by atoms with E-state index in [0.29, 0.717) is 19.6 Å². The van der Waals surface area contributed by atoms with E-state index < -0.39 is 29.9 Å². The van der Waals surface area contributed by atoms with Crippen molar-refractivity contribution in [3.05, 3.63) is 58.6 Å². The third-order valence-electron chi connectivity index (χ3n) is 5.74. The molecule has 0 radical (unpaired) electrons. The lowest BCUT2D eigenvalue weighted by Crippen LogP contribution is -2.37. The molecular formula is C27H39N5O7. The van der Waals surface area contributed by atoms with Crippen LogP contribution >= 0.6 is 0 Å². The Morgan fingerprint density at radius 2 is 1.90 bits per heavy atom.